The van der Waals surface area contributed by atoms with Gasteiger partial charge in [0.1, 0.15) is 0 Å². The maximum absolute atomic E-state index is 6.37. The molecule has 2 aromatic rings. The van der Waals surface area contributed by atoms with Gasteiger partial charge in [0.15, 0.2) is 0 Å². The van der Waals surface area contributed by atoms with E-state index in [1.807, 2.05) is 11.7 Å². The molecule has 5 heteroatoms. The van der Waals surface area contributed by atoms with Gasteiger partial charge in [-0.25, -0.2) is 0 Å². The largest absolute Gasteiger partial charge is 0.379 e. The topological polar surface area (TPSA) is 29.9 Å². The number of nitrogens with one attached hydrogen (secondary N) is 1. The number of rotatable bonds is 4. The third-order valence-corrected chi connectivity index (χ3v) is 4.33. The second kappa shape index (κ2) is 6.19. The van der Waals surface area contributed by atoms with Crippen LogP contribution < -0.4 is 5.32 Å². The molecule has 1 aromatic carbocycles. The Hall–Kier alpha value is -1.000. The number of benzene rings is 1. The molecule has 108 valence electrons. The molecule has 0 aliphatic heterocycles. The molecule has 0 fully saturated rings. The molecule has 0 spiro atoms. The van der Waals surface area contributed by atoms with Gasteiger partial charge in [0, 0.05) is 17.2 Å². The molecular weight excluding hydrogens is 338 g/mol. The smallest absolute Gasteiger partial charge is 0.0868 e. The summed E-state index contributed by atoms with van der Waals surface area (Å²) in [4.78, 5) is 0. The number of nitrogens with zero attached hydrogens (tertiary/aromatic N) is 2. The summed E-state index contributed by atoms with van der Waals surface area (Å²) in [6.45, 7) is 6.94. The fourth-order valence-electron chi connectivity index (χ4n) is 2.37. The highest BCUT2D eigenvalue weighted by atomic mass is 79.9. The third-order valence-electron chi connectivity index (χ3n) is 3.43. The number of aromatic nitrogens is 2. The zero-order valence-electron chi connectivity index (χ0n) is 12.2. The van der Waals surface area contributed by atoms with E-state index in [9.17, 15) is 0 Å². The van der Waals surface area contributed by atoms with Crippen molar-refractivity contribution in [2.24, 2.45) is 7.05 Å². The van der Waals surface area contributed by atoms with Crippen molar-refractivity contribution in [2.75, 3.05) is 5.32 Å². The predicted octanol–water partition coefficient (Wildman–Crippen LogP) is 4.63. The van der Waals surface area contributed by atoms with Crippen LogP contribution in [-0.4, -0.2) is 9.78 Å². The molecule has 20 heavy (non-hydrogen) atoms. The predicted molar refractivity (Wildman–Crippen MR) is 88.5 cm³/mol. The Morgan fingerprint density at radius 1 is 1.30 bits per heavy atom. The first-order valence-electron chi connectivity index (χ1n) is 6.64. The van der Waals surface area contributed by atoms with Gasteiger partial charge in [-0.05, 0) is 43.5 Å². The molecular formula is C15H19BrClN3. The minimum Gasteiger partial charge on any atom is -0.379 e. The van der Waals surface area contributed by atoms with E-state index in [-0.39, 0.29) is 0 Å². The lowest BCUT2D eigenvalue weighted by Crippen LogP contribution is -2.08. The van der Waals surface area contributed by atoms with E-state index in [2.05, 4.69) is 59.2 Å². The molecule has 0 saturated heterocycles. The Morgan fingerprint density at radius 3 is 2.40 bits per heavy atom. The highest BCUT2D eigenvalue weighted by Crippen LogP contribution is 2.27. The lowest BCUT2D eigenvalue weighted by molar-refractivity contribution is 0.706. The van der Waals surface area contributed by atoms with E-state index in [1.54, 1.807) is 0 Å². The van der Waals surface area contributed by atoms with Crippen molar-refractivity contribution in [3.8, 4) is 0 Å². The summed E-state index contributed by atoms with van der Waals surface area (Å²) in [6.07, 6.45) is 0.850. The van der Waals surface area contributed by atoms with Crippen molar-refractivity contribution < 1.29 is 0 Å². The Labute approximate surface area is 133 Å². The van der Waals surface area contributed by atoms with Crippen LogP contribution in [0.1, 0.15) is 29.4 Å². The maximum atomic E-state index is 6.37. The lowest BCUT2D eigenvalue weighted by atomic mass is 10.1. The molecule has 0 bridgehead atoms. The molecule has 0 saturated carbocycles. The lowest BCUT2D eigenvalue weighted by Gasteiger charge is -2.13. The Morgan fingerprint density at radius 2 is 1.90 bits per heavy atom. The molecule has 0 aliphatic carbocycles. The fraction of sp³-hybridized carbons (Fsp3) is 0.400. The molecule has 3 nitrogen and oxygen atoms in total. The van der Waals surface area contributed by atoms with Gasteiger partial charge in [0.2, 0.25) is 0 Å². The molecule has 1 heterocycles. The van der Waals surface area contributed by atoms with Gasteiger partial charge in [-0.2, -0.15) is 5.10 Å². The standard InChI is InChI=1S/C15H19BrClN3/c1-5-12-14(17)13(20(4)19-12)8-18-15-9(2)6-11(16)7-10(15)3/h6-7,18H,5,8H2,1-4H3. The van der Waals surface area contributed by atoms with Crippen LogP contribution in [0, 0.1) is 13.8 Å². The van der Waals surface area contributed by atoms with Gasteiger partial charge in [-0.15, -0.1) is 0 Å². The van der Waals surface area contributed by atoms with Gasteiger partial charge in [-0.1, -0.05) is 34.5 Å². The second-order valence-electron chi connectivity index (χ2n) is 4.95. The van der Waals surface area contributed by atoms with Crippen LogP contribution in [0.25, 0.3) is 0 Å². The van der Waals surface area contributed by atoms with E-state index >= 15 is 0 Å². The Bertz CT molecular complexity index is 611. The van der Waals surface area contributed by atoms with E-state index in [4.69, 9.17) is 11.6 Å². The molecule has 2 rings (SSSR count). The average molecular weight is 357 g/mol. The molecule has 1 N–H and O–H groups in total. The maximum Gasteiger partial charge on any atom is 0.0868 e. The van der Waals surface area contributed by atoms with Crippen molar-refractivity contribution >= 4 is 33.2 Å². The fourth-order valence-corrected chi connectivity index (χ4v) is 3.42. The van der Waals surface area contributed by atoms with Crippen LogP contribution in [-0.2, 0) is 20.0 Å². The van der Waals surface area contributed by atoms with Crippen molar-refractivity contribution in [2.45, 2.75) is 33.7 Å². The molecule has 0 aliphatic rings. The highest BCUT2D eigenvalue weighted by molar-refractivity contribution is 9.10. The Kier molecular flexibility index (Phi) is 4.76. The first-order chi connectivity index (χ1) is 9.43. The van der Waals surface area contributed by atoms with Crippen LogP contribution in [0.4, 0.5) is 5.69 Å². The van der Waals surface area contributed by atoms with Crippen molar-refractivity contribution in [1.82, 2.24) is 9.78 Å². The summed E-state index contributed by atoms with van der Waals surface area (Å²) in [5, 5.41) is 8.69. The third kappa shape index (κ3) is 3.01. The van der Waals surface area contributed by atoms with E-state index in [0.717, 1.165) is 33.0 Å². The summed E-state index contributed by atoms with van der Waals surface area (Å²) in [7, 11) is 1.93. The van der Waals surface area contributed by atoms with Crippen LogP contribution in [0.3, 0.4) is 0 Å². The van der Waals surface area contributed by atoms with E-state index < -0.39 is 0 Å². The zero-order valence-corrected chi connectivity index (χ0v) is 14.6. The molecule has 0 atom stereocenters. The van der Waals surface area contributed by atoms with Gasteiger partial charge in [0.05, 0.1) is 23.0 Å². The first-order valence-corrected chi connectivity index (χ1v) is 7.82. The molecule has 0 amide bonds. The van der Waals surface area contributed by atoms with Gasteiger partial charge in [0.25, 0.3) is 0 Å². The molecule has 1 aromatic heterocycles. The minimum atomic E-state index is 0.672. The van der Waals surface area contributed by atoms with E-state index in [1.165, 1.54) is 11.1 Å². The van der Waals surface area contributed by atoms with Gasteiger partial charge >= 0.3 is 0 Å². The number of anilines is 1. The van der Waals surface area contributed by atoms with Gasteiger partial charge in [-0.3, -0.25) is 4.68 Å². The molecule has 0 radical (unpaired) electrons. The summed E-state index contributed by atoms with van der Waals surface area (Å²) >= 11 is 9.89. The molecule has 0 unspecified atom stereocenters. The van der Waals surface area contributed by atoms with Crippen LogP contribution in [0.15, 0.2) is 16.6 Å². The summed E-state index contributed by atoms with van der Waals surface area (Å²) in [6, 6.07) is 4.22. The zero-order chi connectivity index (χ0) is 14.9. The SMILES string of the molecule is CCc1nn(C)c(CNc2c(C)cc(Br)cc2C)c1Cl. The number of halogens is 2. The van der Waals surface area contributed by atoms with Crippen LogP contribution >= 0.6 is 27.5 Å². The quantitative estimate of drug-likeness (QED) is 0.865. The van der Waals surface area contributed by atoms with Crippen molar-refractivity contribution in [1.29, 1.82) is 0 Å². The van der Waals surface area contributed by atoms with Crippen molar-refractivity contribution in [3.05, 3.63) is 44.1 Å². The average Bonchev–Trinajstić information content (AvgIpc) is 2.64. The summed E-state index contributed by atoms with van der Waals surface area (Å²) in [5.74, 6) is 0. The first kappa shape index (κ1) is 15.4. The normalized spacial score (nSPS) is 10.9. The summed E-state index contributed by atoms with van der Waals surface area (Å²) < 4.78 is 2.96. The number of hydrogen-bond acceptors (Lipinski definition) is 2. The minimum absolute atomic E-state index is 0.672. The number of hydrogen-bond donors (Lipinski definition) is 1. The van der Waals surface area contributed by atoms with Crippen LogP contribution in [0.5, 0.6) is 0 Å². The van der Waals surface area contributed by atoms with Gasteiger partial charge < -0.3 is 5.32 Å². The van der Waals surface area contributed by atoms with Crippen LogP contribution in [0.2, 0.25) is 5.02 Å². The number of aryl methyl sites for hydroxylation is 4. The monoisotopic (exact) mass is 355 g/mol. The second-order valence-corrected chi connectivity index (χ2v) is 6.25. The highest BCUT2D eigenvalue weighted by Gasteiger charge is 2.13. The Balaban J connectivity index is 2.24. The summed E-state index contributed by atoms with van der Waals surface area (Å²) in [5.41, 5.74) is 5.56. The van der Waals surface area contributed by atoms with E-state index in [0.29, 0.717) is 6.54 Å². The van der Waals surface area contributed by atoms with Crippen molar-refractivity contribution in [3.63, 3.8) is 0 Å².